The number of ether oxygens (including phenoxy) is 1. The van der Waals surface area contributed by atoms with Gasteiger partial charge in [-0.3, -0.25) is 4.79 Å². The minimum absolute atomic E-state index is 0.0737. The van der Waals surface area contributed by atoms with E-state index in [4.69, 9.17) is 9.84 Å². The maximum Gasteiger partial charge on any atom is 0.317 e. The zero-order valence-corrected chi connectivity index (χ0v) is 10.3. The molecule has 1 unspecified atom stereocenters. The Bertz CT molecular complexity index is 281. The fourth-order valence-corrected chi connectivity index (χ4v) is 1.70. The van der Waals surface area contributed by atoms with Gasteiger partial charge in [-0.05, 0) is 20.3 Å². The predicted octanol–water partition coefficient (Wildman–Crippen LogP) is 0.670. The smallest absolute Gasteiger partial charge is 0.317 e. The number of carboxylic acid groups (broad SMARTS) is 1. The van der Waals surface area contributed by atoms with Crippen LogP contribution in [0.2, 0.25) is 0 Å². The molecule has 1 rings (SSSR count). The number of hydrogen-bond donors (Lipinski definition) is 2. The van der Waals surface area contributed by atoms with Crippen LogP contribution in [0, 0.1) is 0 Å². The van der Waals surface area contributed by atoms with Crippen LogP contribution >= 0.6 is 0 Å². The molecule has 0 aromatic heterocycles. The Balaban J connectivity index is 2.37. The molecule has 1 heterocycles. The van der Waals surface area contributed by atoms with E-state index >= 15 is 0 Å². The number of carbonyl (C=O) groups excluding carboxylic acids is 1. The van der Waals surface area contributed by atoms with Crippen LogP contribution in [0.15, 0.2) is 0 Å². The van der Waals surface area contributed by atoms with Gasteiger partial charge in [-0.25, -0.2) is 4.79 Å². The van der Waals surface area contributed by atoms with Crippen molar-refractivity contribution in [3.8, 4) is 0 Å². The molecule has 0 aliphatic carbocycles. The highest BCUT2D eigenvalue weighted by Gasteiger charge is 2.24. The van der Waals surface area contributed by atoms with Crippen molar-refractivity contribution in [3.63, 3.8) is 0 Å². The van der Waals surface area contributed by atoms with Gasteiger partial charge < -0.3 is 20.1 Å². The molecule has 98 valence electrons. The summed E-state index contributed by atoms with van der Waals surface area (Å²) in [5, 5.41) is 11.4. The average Bonchev–Trinajstić information content (AvgIpc) is 2.26. The largest absolute Gasteiger partial charge is 0.481 e. The van der Waals surface area contributed by atoms with Crippen LogP contribution < -0.4 is 5.32 Å². The Hall–Kier alpha value is -1.30. The quantitative estimate of drug-likeness (QED) is 0.762. The number of urea groups is 1. The predicted molar refractivity (Wildman–Crippen MR) is 61.9 cm³/mol. The Morgan fingerprint density at radius 1 is 1.53 bits per heavy atom. The second kappa shape index (κ2) is 6.44. The summed E-state index contributed by atoms with van der Waals surface area (Å²) < 4.78 is 5.43. The first-order valence-corrected chi connectivity index (χ1v) is 5.88. The van der Waals surface area contributed by atoms with E-state index in [0.717, 1.165) is 0 Å². The SMILES string of the molecule is CC(C)NC(=O)N1CCOC(CCC(=O)O)C1. The van der Waals surface area contributed by atoms with Gasteiger partial charge in [-0.1, -0.05) is 0 Å². The first-order valence-electron chi connectivity index (χ1n) is 5.88. The summed E-state index contributed by atoms with van der Waals surface area (Å²) in [5.74, 6) is -0.836. The molecule has 1 saturated heterocycles. The normalized spacial score (nSPS) is 20.4. The van der Waals surface area contributed by atoms with Crippen LogP contribution in [-0.2, 0) is 9.53 Å². The summed E-state index contributed by atoms with van der Waals surface area (Å²) >= 11 is 0. The van der Waals surface area contributed by atoms with Crippen molar-refractivity contribution in [3.05, 3.63) is 0 Å². The molecular weight excluding hydrogens is 224 g/mol. The van der Waals surface area contributed by atoms with E-state index in [1.807, 2.05) is 13.8 Å². The summed E-state index contributed by atoms with van der Waals surface area (Å²) in [5.41, 5.74) is 0. The minimum Gasteiger partial charge on any atom is -0.481 e. The van der Waals surface area contributed by atoms with Crippen molar-refractivity contribution in [1.82, 2.24) is 10.2 Å². The highest BCUT2D eigenvalue weighted by atomic mass is 16.5. The monoisotopic (exact) mass is 244 g/mol. The van der Waals surface area contributed by atoms with Gasteiger partial charge in [-0.15, -0.1) is 0 Å². The average molecular weight is 244 g/mol. The van der Waals surface area contributed by atoms with Crippen LogP contribution in [0.3, 0.4) is 0 Å². The number of aliphatic carboxylic acids is 1. The molecule has 0 aromatic carbocycles. The summed E-state index contributed by atoms with van der Waals surface area (Å²) in [7, 11) is 0. The van der Waals surface area contributed by atoms with Crippen molar-refractivity contribution >= 4 is 12.0 Å². The lowest BCUT2D eigenvalue weighted by atomic mass is 10.1. The minimum atomic E-state index is -0.836. The van der Waals surface area contributed by atoms with Crippen molar-refractivity contribution in [2.75, 3.05) is 19.7 Å². The number of amides is 2. The second-order valence-electron chi connectivity index (χ2n) is 4.48. The van der Waals surface area contributed by atoms with Gasteiger partial charge in [0.1, 0.15) is 0 Å². The number of morpholine rings is 1. The third-order valence-corrected chi connectivity index (χ3v) is 2.52. The maximum absolute atomic E-state index is 11.7. The molecule has 1 fully saturated rings. The topological polar surface area (TPSA) is 78.9 Å². The van der Waals surface area contributed by atoms with Gasteiger partial charge in [0.15, 0.2) is 0 Å². The molecule has 1 aliphatic heterocycles. The van der Waals surface area contributed by atoms with E-state index in [0.29, 0.717) is 26.1 Å². The first kappa shape index (κ1) is 13.8. The van der Waals surface area contributed by atoms with E-state index in [1.165, 1.54) is 0 Å². The van der Waals surface area contributed by atoms with Gasteiger partial charge in [0, 0.05) is 25.6 Å². The highest BCUT2D eigenvalue weighted by molar-refractivity contribution is 5.74. The standard InChI is InChI=1S/C11H20N2O4/c1-8(2)12-11(16)13-5-6-17-9(7-13)3-4-10(14)15/h8-9H,3-7H2,1-2H3,(H,12,16)(H,14,15). The maximum atomic E-state index is 11.7. The van der Waals surface area contributed by atoms with Gasteiger partial charge in [0.2, 0.25) is 0 Å². The van der Waals surface area contributed by atoms with Crippen molar-refractivity contribution in [2.24, 2.45) is 0 Å². The third kappa shape index (κ3) is 5.04. The number of carbonyl (C=O) groups is 2. The molecule has 17 heavy (non-hydrogen) atoms. The lowest BCUT2D eigenvalue weighted by Gasteiger charge is -2.33. The van der Waals surface area contributed by atoms with Gasteiger partial charge >= 0.3 is 12.0 Å². The molecule has 0 spiro atoms. The van der Waals surface area contributed by atoms with Gasteiger partial charge in [0.05, 0.1) is 12.7 Å². The Morgan fingerprint density at radius 3 is 2.82 bits per heavy atom. The number of carboxylic acids is 1. The lowest BCUT2D eigenvalue weighted by molar-refractivity contribution is -0.138. The molecule has 0 radical (unpaired) electrons. The highest BCUT2D eigenvalue weighted by Crippen LogP contribution is 2.10. The molecule has 0 aromatic rings. The van der Waals surface area contributed by atoms with Crippen LogP contribution in [0.1, 0.15) is 26.7 Å². The fraction of sp³-hybridized carbons (Fsp3) is 0.818. The number of nitrogens with one attached hydrogen (secondary N) is 1. The van der Waals surface area contributed by atoms with E-state index in [-0.39, 0.29) is 24.6 Å². The Kier molecular flexibility index (Phi) is 5.21. The molecule has 0 saturated carbocycles. The number of hydrogen-bond acceptors (Lipinski definition) is 3. The first-order chi connectivity index (χ1) is 7.99. The summed E-state index contributed by atoms with van der Waals surface area (Å²) in [4.78, 5) is 23.9. The molecule has 0 bridgehead atoms. The zero-order valence-electron chi connectivity index (χ0n) is 10.3. The summed E-state index contributed by atoms with van der Waals surface area (Å²) in [6.45, 7) is 5.30. The number of rotatable bonds is 4. The van der Waals surface area contributed by atoms with Crippen molar-refractivity contribution in [1.29, 1.82) is 0 Å². The van der Waals surface area contributed by atoms with Crippen LogP contribution in [0.25, 0.3) is 0 Å². The van der Waals surface area contributed by atoms with Crippen molar-refractivity contribution in [2.45, 2.75) is 38.8 Å². The fourth-order valence-electron chi connectivity index (χ4n) is 1.70. The summed E-state index contributed by atoms with van der Waals surface area (Å²) in [6, 6.07) is -0.00793. The second-order valence-corrected chi connectivity index (χ2v) is 4.48. The van der Waals surface area contributed by atoms with E-state index in [9.17, 15) is 9.59 Å². The Morgan fingerprint density at radius 2 is 2.24 bits per heavy atom. The molecule has 6 heteroatoms. The van der Waals surface area contributed by atoms with E-state index in [1.54, 1.807) is 4.90 Å². The molecule has 1 atom stereocenters. The number of nitrogens with zero attached hydrogens (tertiary/aromatic N) is 1. The van der Waals surface area contributed by atoms with Gasteiger partial charge in [-0.2, -0.15) is 0 Å². The summed E-state index contributed by atoms with van der Waals surface area (Å²) in [6.07, 6.45) is 0.350. The van der Waals surface area contributed by atoms with Crippen LogP contribution in [0.5, 0.6) is 0 Å². The molecule has 6 nitrogen and oxygen atoms in total. The molecular formula is C11H20N2O4. The lowest BCUT2D eigenvalue weighted by Crippen LogP contribution is -2.51. The van der Waals surface area contributed by atoms with Crippen LogP contribution in [0.4, 0.5) is 4.79 Å². The van der Waals surface area contributed by atoms with E-state index in [2.05, 4.69) is 5.32 Å². The Labute approximate surface area is 101 Å². The molecule has 2 amide bonds. The van der Waals surface area contributed by atoms with Crippen molar-refractivity contribution < 1.29 is 19.4 Å². The van der Waals surface area contributed by atoms with Gasteiger partial charge in [0.25, 0.3) is 0 Å². The molecule has 1 aliphatic rings. The third-order valence-electron chi connectivity index (χ3n) is 2.52. The molecule has 2 N–H and O–H groups in total. The van der Waals surface area contributed by atoms with E-state index < -0.39 is 5.97 Å². The van der Waals surface area contributed by atoms with Crippen LogP contribution in [-0.4, -0.2) is 53.8 Å². The zero-order chi connectivity index (χ0) is 12.8.